The zero-order chi connectivity index (χ0) is 19.0. The van der Waals surface area contributed by atoms with Crippen LogP contribution in [0, 0.1) is 5.92 Å². The van der Waals surface area contributed by atoms with E-state index in [0.29, 0.717) is 32.4 Å². The summed E-state index contributed by atoms with van der Waals surface area (Å²) in [5, 5.41) is 0. The Balaban J connectivity index is 1.41. The number of nitrogens with zero attached hydrogens (tertiary/aromatic N) is 1. The van der Waals surface area contributed by atoms with Crippen LogP contribution in [0.2, 0.25) is 0 Å². The lowest BCUT2D eigenvalue weighted by Crippen LogP contribution is -2.43. The van der Waals surface area contributed by atoms with Crippen LogP contribution in [-0.2, 0) is 18.9 Å². The molecule has 1 heterocycles. The molecule has 0 atom stereocenters. The minimum Gasteiger partial charge on any atom is -0.444 e. The van der Waals surface area contributed by atoms with Gasteiger partial charge in [0.15, 0.2) is 0 Å². The number of hydrogen-bond acceptors (Lipinski definition) is 5. The van der Waals surface area contributed by atoms with Crippen molar-refractivity contribution in [2.45, 2.75) is 77.6 Å². The highest BCUT2D eigenvalue weighted by molar-refractivity contribution is 5.68. The normalized spacial score (nSPS) is 24.4. The van der Waals surface area contributed by atoms with E-state index in [-0.39, 0.29) is 12.2 Å². The quantitative estimate of drug-likeness (QED) is 0.579. The Kier molecular flexibility index (Phi) is 8.64. The fourth-order valence-corrected chi connectivity index (χ4v) is 3.28. The van der Waals surface area contributed by atoms with E-state index in [2.05, 4.69) is 6.92 Å². The van der Waals surface area contributed by atoms with Crippen molar-refractivity contribution in [2.24, 2.45) is 5.92 Å². The fourth-order valence-electron chi connectivity index (χ4n) is 3.28. The van der Waals surface area contributed by atoms with E-state index in [1.807, 2.05) is 20.8 Å². The molecule has 1 aliphatic carbocycles. The SMILES string of the molecule is CC1CC(OCCCOCCOC2CCN(C(=O)OC(C)(C)C)CC2)C1. The maximum absolute atomic E-state index is 12.0. The molecule has 6 nitrogen and oxygen atoms in total. The van der Waals surface area contributed by atoms with E-state index in [4.69, 9.17) is 18.9 Å². The number of ether oxygens (including phenoxy) is 4. The molecule has 152 valence electrons. The number of likely N-dealkylation sites (tertiary alicyclic amines) is 1. The molecule has 0 radical (unpaired) electrons. The topological polar surface area (TPSA) is 57.2 Å². The van der Waals surface area contributed by atoms with E-state index >= 15 is 0 Å². The van der Waals surface area contributed by atoms with Gasteiger partial charge in [0, 0.05) is 26.3 Å². The van der Waals surface area contributed by atoms with Crippen LogP contribution in [0.25, 0.3) is 0 Å². The Morgan fingerprint density at radius 1 is 0.962 bits per heavy atom. The summed E-state index contributed by atoms with van der Waals surface area (Å²) in [6.07, 6.45) is 5.54. The Morgan fingerprint density at radius 2 is 1.62 bits per heavy atom. The Bertz CT molecular complexity index is 409. The van der Waals surface area contributed by atoms with Gasteiger partial charge in [-0.15, -0.1) is 0 Å². The van der Waals surface area contributed by atoms with Crippen LogP contribution in [-0.4, -0.2) is 68.3 Å². The van der Waals surface area contributed by atoms with Gasteiger partial charge in [-0.3, -0.25) is 0 Å². The van der Waals surface area contributed by atoms with Crippen LogP contribution in [0.5, 0.6) is 0 Å². The van der Waals surface area contributed by atoms with Crippen LogP contribution in [0.4, 0.5) is 4.79 Å². The molecule has 2 fully saturated rings. The van der Waals surface area contributed by atoms with Gasteiger partial charge in [-0.05, 0) is 58.8 Å². The number of amides is 1. The molecule has 2 rings (SSSR count). The van der Waals surface area contributed by atoms with Crippen LogP contribution in [0.1, 0.15) is 59.8 Å². The molecule has 0 aromatic rings. The van der Waals surface area contributed by atoms with Crippen molar-refractivity contribution in [3.63, 3.8) is 0 Å². The van der Waals surface area contributed by atoms with E-state index < -0.39 is 5.60 Å². The first-order valence-electron chi connectivity index (χ1n) is 10.1. The molecule has 26 heavy (non-hydrogen) atoms. The molecule has 0 spiro atoms. The van der Waals surface area contributed by atoms with Crippen molar-refractivity contribution in [1.29, 1.82) is 0 Å². The van der Waals surface area contributed by atoms with Crippen molar-refractivity contribution in [3.05, 3.63) is 0 Å². The van der Waals surface area contributed by atoms with Crippen LogP contribution in [0.3, 0.4) is 0 Å². The summed E-state index contributed by atoms with van der Waals surface area (Å²) in [6, 6.07) is 0. The summed E-state index contributed by atoms with van der Waals surface area (Å²) in [4.78, 5) is 13.8. The molecule has 0 bridgehead atoms. The molecule has 0 aromatic heterocycles. The Labute approximate surface area is 158 Å². The highest BCUT2D eigenvalue weighted by atomic mass is 16.6. The Hall–Kier alpha value is -0.850. The van der Waals surface area contributed by atoms with Gasteiger partial charge < -0.3 is 23.8 Å². The summed E-state index contributed by atoms with van der Waals surface area (Å²) in [7, 11) is 0. The van der Waals surface area contributed by atoms with E-state index in [9.17, 15) is 4.79 Å². The van der Waals surface area contributed by atoms with E-state index in [1.54, 1.807) is 4.90 Å². The van der Waals surface area contributed by atoms with Crippen molar-refractivity contribution < 1.29 is 23.7 Å². The third-order valence-electron chi connectivity index (χ3n) is 4.79. The van der Waals surface area contributed by atoms with Crippen LogP contribution < -0.4 is 0 Å². The average molecular weight is 372 g/mol. The molecular weight excluding hydrogens is 334 g/mol. The van der Waals surface area contributed by atoms with Crippen LogP contribution in [0.15, 0.2) is 0 Å². The standard InChI is InChI=1S/C20H37NO5/c1-16-14-18(15-16)24-11-5-10-23-12-13-25-17-6-8-21(9-7-17)19(22)26-20(2,3)4/h16-18H,5-15H2,1-4H3. The third kappa shape index (κ3) is 8.23. The van der Waals surface area contributed by atoms with Gasteiger partial charge >= 0.3 is 6.09 Å². The molecule has 0 aromatic carbocycles. The monoisotopic (exact) mass is 371 g/mol. The molecule has 0 unspecified atom stereocenters. The second kappa shape index (κ2) is 10.5. The van der Waals surface area contributed by atoms with Crippen molar-refractivity contribution in [1.82, 2.24) is 4.90 Å². The van der Waals surface area contributed by atoms with Crippen molar-refractivity contribution in [3.8, 4) is 0 Å². The largest absolute Gasteiger partial charge is 0.444 e. The summed E-state index contributed by atoms with van der Waals surface area (Å²) in [5.74, 6) is 0.837. The second-order valence-corrected chi connectivity index (χ2v) is 8.57. The van der Waals surface area contributed by atoms with Gasteiger partial charge in [0.2, 0.25) is 0 Å². The first-order chi connectivity index (χ1) is 12.3. The van der Waals surface area contributed by atoms with Gasteiger partial charge in [0.1, 0.15) is 5.60 Å². The van der Waals surface area contributed by atoms with E-state index in [0.717, 1.165) is 38.4 Å². The number of carbonyl (C=O) groups excluding carboxylic acids is 1. The Morgan fingerprint density at radius 3 is 2.23 bits per heavy atom. The first-order valence-corrected chi connectivity index (χ1v) is 10.1. The maximum atomic E-state index is 12.0. The zero-order valence-electron chi connectivity index (χ0n) is 17.0. The molecule has 0 N–H and O–H groups in total. The van der Waals surface area contributed by atoms with Gasteiger partial charge in [0.05, 0.1) is 25.4 Å². The van der Waals surface area contributed by atoms with Gasteiger partial charge in [-0.25, -0.2) is 4.79 Å². The number of rotatable bonds is 9. The highest BCUT2D eigenvalue weighted by Crippen LogP contribution is 2.29. The van der Waals surface area contributed by atoms with Crippen molar-refractivity contribution in [2.75, 3.05) is 39.5 Å². The predicted molar refractivity (Wildman–Crippen MR) is 100 cm³/mol. The smallest absolute Gasteiger partial charge is 0.410 e. The number of carbonyl (C=O) groups is 1. The lowest BCUT2D eigenvalue weighted by molar-refractivity contribution is -0.0439. The zero-order valence-corrected chi connectivity index (χ0v) is 17.0. The lowest BCUT2D eigenvalue weighted by Gasteiger charge is -2.33. The summed E-state index contributed by atoms with van der Waals surface area (Å²) < 4.78 is 22.6. The fraction of sp³-hybridized carbons (Fsp3) is 0.950. The summed E-state index contributed by atoms with van der Waals surface area (Å²) >= 11 is 0. The molecular formula is C20H37NO5. The van der Waals surface area contributed by atoms with Gasteiger partial charge in [-0.1, -0.05) is 6.92 Å². The molecule has 1 saturated heterocycles. The molecule has 1 aliphatic heterocycles. The summed E-state index contributed by atoms with van der Waals surface area (Å²) in [6.45, 7) is 12.1. The molecule has 1 saturated carbocycles. The number of hydrogen-bond donors (Lipinski definition) is 0. The van der Waals surface area contributed by atoms with E-state index in [1.165, 1.54) is 12.8 Å². The molecule has 2 aliphatic rings. The minimum atomic E-state index is -0.441. The van der Waals surface area contributed by atoms with Gasteiger partial charge in [0.25, 0.3) is 0 Å². The predicted octanol–water partition coefficient (Wildman–Crippen LogP) is 3.62. The minimum absolute atomic E-state index is 0.209. The molecule has 1 amide bonds. The molecule has 6 heteroatoms. The third-order valence-corrected chi connectivity index (χ3v) is 4.79. The second-order valence-electron chi connectivity index (χ2n) is 8.57. The van der Waals surface area contributed by atoms with Gasteiger partial charge in [-0.2, -0.15) is 0 Å². The van der Waals surface area contributed by atoms with Crippen LogP contribution >= 0.6 is 0 Å². The summed E-state index contributed by atoms with van der Waals surface area (Å²) in [5.41, 5.74) is -0.441. The maximum Gasteiger partial charge on any atom is 0.410 e. The highest BCUT2D eigenvalue weighted by Gasteiger charge is 2.27. The lowest BCUT2D eigenvalue weighted by atomic mass is 9.84. The first kappa shape index (κ1) is 21.5. The average Bonchev–Trinajstić information content (AvgIpc) is 2.54. The van der Waals surface area contributed by atoms with Crippen molar-refractivity contribution >= 4 is 6.09 Å². The number of piperidine rings is 1.